The Kier molecular flexibility index (Phi) is 5.10. The van der Waals surface area contributed by atoms with Gasteiger partial charge in [-0.15, -0.1) is 0 Å². The van der Waals surface area contributed by atoms with Gasteiger partial charge in [0, 0.05) is 31.2 Å². The predicted octanol–water partition coefficient (Wildman–Crippen LogP) is 2.02. The molecule has 0 radical (unpaired) electrons. The van der Waals surface area contributed by atoms with E-state index in [-0.39, 0.29) is 15.7 Å². The molecule has 2 amide bonds. The van der Waals surface area contributed by atoms with E-state index in [2.05, 4.69) is 10.6 Å². The second-order valence-electron chi connectivity index (χ2n) is 4.24. The first-order chi connectivity index (χ1) is 9.49. The molecule has 1 saturated heterocycles. The molecule has 5 nitrogen and oxygen atoms in total. The van der Waals surface area contributed by atoms with Crippen LogP contribution in [-0.2, 0) is 9.59 Å². The lowest BCUT2D eigenvalue weighted by atomic mass is 10.3. The van der Waals surface area contributed by atoms with Crippen LogP contribution in [0.25, 0.3) is 0 Å². The number of hydrogen-bond donors (Lipinski definition) is 2. The Bertz CT molecular complexity index is 522. The lowest BCUT2D eigenvalue weighted by molar-refractivity contribution is -0.143. The molecule has 8 heteroatoms. The van der Waals surface area contributed by atoms with Crippen LogP contribution in [0.2, 0.25) is 15.1 Å². The Morgan fingerprint density at radius 2 is 1.65 bits per heavy atom. The second kappa shape index (κ2) is 6.63. The van der Waals surface area contributed by atoms with Crippen LogP contribution in [0.3, 0.4) is 0 Å². The lowest BCUT2D eigenvalue weighted by Gasteiger charge is -2.26. The molecule has 1 aromatic rings. The van der Waals surface area contributed by atoms with Gasteiger partial charge in [0.25, 0.3) is 0 Å². The maximum absolute atomic E-state index is 12.0. The number of nitrogens with one attached hydrogen (secondary N) is 2. The fourth-order valence-corrected chi connectivity index (χ4v) is 2.75. The summed E-state index contributed by atoms with van der Waals surface area (Å²) < 4.78 is 0. The molecule has 0 bridgehead atoms. The quantitative estimate of drug-likeness (QED) is 0.771. The maximum atomic E-state index is 12.0. The molecule has 1 heterocycles. The van der Waals surface area contributed by atoms with Crippen LogP contribution in [0.5, 0.6) is 0 Å². The third-order valence-electron chi connectivity index (χ3n) is 2.84. The number of amides is 2. The third-order valence-corrected chi connectivity index (χ3v) is 3.66. The van der Waals surface area contributed by atoms with Crippen molar-refractivity contribution in [3.63, 3.8) is 0 Å². The first-order valence-corrected chi connectivity index (χ1v) is 7.08. The fourth-order valence-electron chi connectivity index (χ4n) is 1.84. The topological polar surface area (TPSA) is 61.4 Å². The highest BCUT2D eigenvalue weighted by Gasteiger charge is 2.24. The minimum Gasteiger partial charge on any atom is -0.332 e. The van der Waals surface area contributed by atoms with Crippen molar-refractivity contribution < 1.29 is 9.59 Å². The summed E-state index contributed by atoms with van der Waals surface area (Å²) in [6, 6.07) is 2.89. The van der Waals surface area contributed by atoms with Crippen LogP contribution in [0.15, 0.2) is 12.1 Å². The normalized spacial score (nSPS) is 15.1. The Balaban J connectivity index is 2.09. The van der Waals surface area contributed by atoms with Crippen LogP contribution in [0.4, 0.5) is 5.69 Å². The SMILES string of the molecule is O=C(Nc1c(Cl)cc(Cl)cc1Cl)C(=O)N1CCNCC1. The first kappa shape index (κ1) is 15.4. The number of piperazine rings is 1. The molecule has 1 aromatic carbocycles. The molecule has 108 valence electrons. The molecule has 0 unspecified atom stereocenters. The molecular formula is C12H12Cl3N3O2. The molecule has 0 atom stereocenters. The summed E-state index contributed by atoms with van der Waals surface area (Å²) in [6.07, 6.45) is 0. The number of halogens is 3. The van der Waals surface area contributed by atoms with Crippen molar-refractivity contribution in [2.45, 2.75) is 0 Å². The van der Waals surface area contributed by atoms with E-state index in [9.17, 15) is 9.59 Å². The molecule has 1 aliphatic rings. The third kappa shape index (κ3) is 3.55. The van der Waals surface area contributed by atoms with Crippen LogP contribution < -0.4 is 10.6 Å². The van der Waals surface area contributed by atoms with Crippen molar-refractivity contribution in [2.24, 2.45) is 0 Å². The van der Waals surface area contributed by atoms with Gasteiger partial charge in [0.1, 0.15) is 0 Å². The van der Waals surface area contributed by atoms with E-state index in [1.807, 2.05) is 0 Å². The van der Waals surface area contributed by atoms with Gasteiger partial charge in [-0.1, -0.05) is 34.8 Å². The second-order valence-corrected chi connectivity index (χ2v) is 5.49. The van der Waals surface area contributed by atoms with Crippen LogP contribution in [0.1, 0.15) is 0 Å². The summed E-state index contributed by atoms with van der Waals surface area (Å²) in [7, 11) is 0. The summed E-state index contributed by atoms with van der Waals surface area (Å²) in [5.74, 6) is -1.37. The average molecular weight is 337 g/mol. The number of hydrogen-bond acceptors (Lipinski definition) is 3. The summed E-state index contributed by atoms with van der Waals surface area (Å²) in [6.45, 7) is 2.33. The van der Waals surface area contributed by atoms with Gasteiger partial charge in [0.15, 0.2) is 0 Å². The standard InChI is InChI=1S/C12H12Cl3N3O2/c13-7-5-8(14)10(9(15)6-7)17-11(19)12(20)18-3-1-16-2-4-18/h5-6,16H,1-4H2,(H,17,19). The van der Waals surface area contributed by atoms with E-state index in [1.165, 1.54) is 17.0 Å². The van der Waals surface area contributed by atoms with Gasteiger partial charge < -0.3 is 15.5 Å². The van der Waals surface area contributed by atoms with Crippen molar-refractivity contribution in [3.05, 3.63) is 27.2 Å². The minimum atomic E-state index is -0.766. The molecular weight excluding hydrogens is 325 g/mol. The van der Waals surface area contributed by atoms with Gasteiger partial charge in [0.05, 0.1) is 15.7 Å². The predicted molar refractivity (Wildman–Crippen MR) is 79.6 cm³/mol. The number of benzene rings is 1. The number of nitrogens with zero attached hydrogens (tertiary/aromatic N) is 1. The molecule has 0 aromatic heterocycles. The highest BCUT2D eigenvalue weighted by molar-refractivity contribution is 6.45. The summed E-state index contributed by atoms with van der Waals surface area (Å²) in [5, 5.41) is 6.25. The summed E-state index contributed by atoms with van der Waals surface area (Å²) >= 11 is 17.7. The van der Waals surface area contributed by atoms with Crippen LogP contribution in [0, 0.1) is 0 Å². The molecule has 1 fully saturated rings. The van der Waals surface area contributed by atoms with E-state index in [4.69, 9.17) is 34.8 Å². The number of carbonyl (C=O) groups excluding carboxylic acids is 2. The van der Waals surface area contributed by atoms with Gasteiger partial charge in [0.2, 0.25) is 0 Å². The minimum absolute atomic E-state index is 0.184. The van der Waals surface area contributed by atoms with Crippen molar-refractivity contribution >= 4 is 52.3 Å². The zero-order chi connectivity index (χ0) is 14.7. The van der Waals surface area contributed by atoms with Gasteiger partial charge in [-0.2, -0.15) is 0 Å². The molecule has 0 spiro atoms. The van der Waals surface area contributed by atoms with Gasteiger partial charge in [-0.25, -0.2) is 0 Å². The molecule has 0 saturated carbocycles. The van der Waals surface area contributed by atoms with Crippen molar-refractivity contribution in [1.82, 2.24) is 10.2 Å². The Morgan fingerprint density at radius 3 is 2.20 bits per heavy atom. The first-order valence-electron chi connectivity index (χ1n) is 5.94. The number of rotatable bonds is 1. The molecule has 2 N–H and O–H groups in total. The highest BCUT2D eigenvalue weighted by Crippen LogP contribution is 2.33. The van der Waals surface area contributed by atoms with Gasteiger partial charge in [-0.05, 0) is 12.1 Å². The van der Waals surface area contributed by atoms with Crippen LogP contribution in [-0.4, -0.2) is 42.9 Å². The van der Waals surface area contributed by atoms with Gasteiger partial charge in [-0.3, -0.25) is 9.59 Å². The van der Waals surface area contributed by atoms with E-state index in [1.54, 1.807) is 0 Å². The van der Waals surface area contributed by atoms with Crippen molar-refractivity contribution in [1.29, 1.82) is 0 Å². The van der Waals surface area contributed by atoms with E-state index in [0.29, 0.717) is 31.2 Å². The number of carbonyl (C=O) groups is 2. The zero-order valence-electron chi connectivity index (χ0n) is 10.4. The Hall–Kier alpha value is -1.01. The summed E-state index contributed by atoms with van der Waals surface area (Å²) in [5.41, 5.74) is 0.186. The zero-order valence-corrected chi connectivity index (χ0v) is 12.6. The van der Waals surface area contributed by atoms with E-state index < -0.39 is 11.8 Å². The lowest BCUT2D eigenvalue weighted by Crippen LogP contribution is -2.49. The molecule has 20 heavy (non-hydrogen) atoms. The summed E-state index contributed by atoms with van der Waals surface area (Å²) in [4.78, 5) is 25.4. The van der Waals surface area contributed by atoms with Crippen LogP contribution >= 0.6 is 34.8 Å². The smallest absolute Gasteiger partial charge is 0.313 e. The molecule has 1 aliphatic heterocycles. The van der Waals surface area contributed by atoms with E-state index in [0.717, 1.165) is 0 Å². The number of anilines is 1. The monoisotopic (exact) mass is 335 g/mol. The van der Waals surface area contributed by atoms with Gasteiger partial charge >= 0.3 is 11.8 Å². The van der Waals surface area contributed by atoms with Crippen molar-refractivity contribution in [3.8, 4) is 0 Å². The van der Waals surface area contributed by atoms with E-state index >= 15 is 0 Å². The molecule has 0 aliphatic carbocycles. The molecule has 2 rings (SSSR count). The largest absolute Gasteiger partial charge is 0.332 e. The Morgan fingerprint density at radius 1 is 1.10 bits per heavy atom. The Labute approximate surface area is 131 Å². The fraction of sp³-hybridized carbons (Fsp3) is 0.333. The average Bonchev–Trinajstić information content (AvgIpc) is 2.42. The highest BCUT2D eigenvalue weighted by atomic mass is 35.5. The van der Waals surface area contributed by atoms with Crippen molar-refractivity contribution in [2.75, 3.05) is 31.5 Å². The maximum Gasteiger partial charge on any atom is 0.313 e.